The third-order valence-corrected chi connectivity index (χ3v) is 1.19. The standard InChI is InChI=1S/C8H11O2/c1-2-3-4-5-6-7-8(9)10/h3-7H2,(H,9,10). The van der Waals surface area contributed by atoms with E-state index in [9.17, 15) is 4.79 Å². The summed E-state index contributed by atoms with van der Waals surface area (Å²) in [6.07, 6.45) is 9.95. The highest BCUT2D eigenvalue weighted by molar-refractivity contribution is 5.66. The molecular weight excluding hydrogens is 128 g/mol. The van der Waals surface area contributed by atoms with Gasteiger partial charge in [0.1, 0.15) is 0 Å². The molecule has 0 amide bonds. The fraction of sp³-hybridized carbons (Fsp3) is 0.625. The van der Waals surface area contributed by atoms with E-state index < -0.39 is 5.97 Å². The summed E-state index contributed by atoms with van der Waals surface area (Å²) in [6, 6.07) is 0. The number of carboxylic acid groups (broad SMARTS) is 1. The van der Waals surface area contributed by atoms with Gasteiger partial charge in [-0.1, -0.05) is 12.3 Å². The molecule has 0 aromatic carbocycles. The van der Waals surface area contributed by atoms with Crippen LogP contribution in [0.25, 0.3) is 0 Å². The van der Waals surface area contributed by atoms with Gasteiger partial charge >= 0.3 is 5.97 Å². The predicted molar refractivity (Wildman–Crippen MR) is 37.9 cm³/mol. The number of hydrogen-bond donors (Lipinski definition) is 1. The Morgan fingerprint density at radius 2 is 2.10 bits per heavy atom. The van der Waals surface area contributed by atoms with Crippen LogP contribution in [0.5, 0.6) is 0 Å². The van der Waals surface area contributed by atoms with Gasteiger partial charge in [-0.15, -0.1) is 0 Å². The molecule has 1 N–H and O–H groups in total. The molecule has 0 bridgehead atoms. The van der Waals surface area contributed by atoms with Gasteiger partial charge < -0.3 is 5.11 Å². The van der Waals surface area contributed by atoms with Crippen molar-refractivity contribution >= 4 is 5.97 Å². The molecule has 0 saturated heterocycles. The smallest absolute Gasteiger partial charge is 0.303 e. The topological polar surface area (TPSA) is 37.3 Å². The molecule has 0 saturated carbocycles. The van der Waals surface area contributed by atoms with E-state index in [0.29, 0.717) is 6.42 Å². The van der Waals surface area contributed by atoms with E-state index in [2.05, 4.69) is 5.92 Å². The van der Waals surface area contributed by atoms with Gasteiger partial charge in [0, 0.05) is 12.8 Å². The molecule has 55 valence electrons. The lowest BCUT2D eigenvalue weighted by molar-refractivity contribution is -0.137. The lowest BCUT2D eigenvalue weighted by Crippen LogP contribution is -1.93. The fourth-order valence-electron chi connectivity index (χ4n) is 0.666. The first kappa shape index (κ1) is 9.03. The fourth-order valence-corrected chi connectivity index (χ4v) is 0.666. The Morgan fingerprint density at radius 1 is 1.40 bits per heavy atom. The summed E-state index contributed by atoms with van der Waals surface area (Å²) in [5.74, 6) is 1.52. The second-order valence-corrected chi connectivity index (χ2v) is 2.13. The quantitative estimate of drug-likeness (QED) is 0.464. The average Bonchev–Trinajstić information content (AvgIpc) is 1.87. The largest absolute Gasteiger partial charge is 0.481 e. The molecule has 2 heteroatoms. The second-order valence-electron chi connectivity index (χ2n) is 2.13. The zero-order valence-electron chi connectivity index (χ0n) is 5.89. The van der Waals surface area contributed by atoms with Gasteiger partial charge in [-0.2, -0.15) is 0 Å². The molecule has 0 aromatic rings. The Morgan fingerprint density at radius 3 is 2.60 bits per heavy atom. The second kappa shape index (κ2) is 6.15. The lowest BCUT2D eigenvalue weighted by atomic mass is 10.1. The SMILES string of the molecule is [C]#CCCCCCC(=O)O. The first-order chi connectivity index (χ1) is 4.77. The molecule has 10 heavy (non-hydrogen) atoms. The summed E-state index contributed by atoms with van der Waals surface area (Å²) in [5.41, 5.74) is 0. The van der Waals surface area contributed by atoms with Crippen molar-refractivity contribution in [3.05, 3.63) is 6.42 Å². The molecule has 0 aliphatic heterocycles. The van der Waals surface area contributed by atoms with Crippen LogP contribution >= 0.6 is 0 Å². The van der Waals surface area contributed by atoms with E-state index in [1.54, 1.807) is 0 Å². The maximum atomic E-state index is 9.98. The molecule has 0 atom stereocenters. The molecular formula is C8H11O2. The summed E-state index contributed by atoms with van der Waals surface area (Å²) in [4.78, 5) is 9.98. The molecule has 0 unspecified atom stereocenters. The minimum absolute atomic E-state index is 0.248. The van der Waals surface area contributed by atoms with E-state index in [-0.39, 0.29) is 6.42 Å². The number of hydrogen-bond acceptors (Lipinski definition) is 1. The van der Waals surface area contributed by atoms with E-state index in [4.69, 9.17) is 11.5 Å². The normalized spacial score (nSPS) is 8.70. The molecule has 0 heterocycles. The number of carboxylic acids is 1. The van der Waals surface area contributed by atoms with Crippen molar-refractivity contribution in [2.75, 3.05) is 0 Å². The van der Waals surface area contributed by atoms with Crippen molar-refractivity contribution < 1.29 is 9.90 Å². The van der Waals surface area contributed by atoms with Gasteiger partial charge in [-0.25, -0.2) is 0 Å². The zero-order chi connectivity index (χ0) is 7.82. The third-order valence-electron chi connectivity index (χ3n) is 1.19. The molecule has 0 aromatic heterocycles. The number of carbonyl (C=O) groups is 1. The van der Waals surface area contributed by atoms with Gasteiger partial charge in [0.15, 0.2) is 0 Å². The number of unbranched alkanes of at least 4 members (excludes halogenated alkanes) is 3. The Balaban J connectivity index is 2.92. The minimum Gasteiger partial charge on any atom is -0.481 e. The Kier molecular flexibility index (Phi) is 5.56. The van der Waals surface area contributed by atoms with Crippen molar-refractivity contribution in [2.24, 2.45) is 0 Å². The molecule has 0 rings (SSSR count). The van der Waals surface area contributed by atoms with Crippen molar-refractivity contribution in [1.29, 1.82) is 0 Å². The van der Waals surface area contributed by atoms with Crippen LogP contribution in [0.4, 0.5) is 0 Å². The average molecular weight is 139 g/mol. The summed E-state index contributed by atoms with van der Waals surface area (Å²) >= 11 is 0. The lowest BCUT2D eigenvalue weighted by Gasteiger charge is -1.92. The van der Waals surface area contributed by atoms with Crippen molar-refractivity contribution in [1.82, 2.24) is 0 Å². The van der Waals surface area contributed by atoms with Crippen LogP contribution in [-0.4, -0.2) is 11.1 Å². The van der Waals surface area contributed by atoms with Crippen LogP contribution in [0.3, 0.4) is 0 Å². The van der Waals surface area contributed by atoms with Crippen LogP contribution in [0.1, 0.15) is 32.1 Å². The monoisotopic (exact) mass is 139 g/mol. The van der Waals surface area contributed by atoms with Crippen molar-refractivity contribution in [3.63, 3.8) is 0 Å². The van der Waals surface area contributed by atoms with Crippen molar-refractivity contribution in [3.8, 4) is 5.92 Å². The highest BCUT2D eigenvalue weighted by atomic mass is 16.4. The predicted octanol–water partition coefficient (Wildman–Crippen LogP) is 1.61. The summed E-state index contributed by atoms with van der Waals surface area (Å²) in [7, 11) is 0. The summed E-state index contributed by atoms with van der Waals surface area (Å²) in [6.45, 7) is 0. The highest BCUT2D eigenvalue weighted by Gasteiger charge is 1.94. The Labute approximate surface area is 61.2 Å². The summed E-state index contributed by atoms with van der Waals surface area (Å²) < 4.78 is 0. The third kappa shape index (κ3) is 7.03. The van der Waals surface area contributed by atoms with E-state index in [1.165, 1.54) is 0 Å². The van der Waals surface area contributed by atoms with Crippen molar-refractivity contribution in [2.45, 2.75) is 32.1 Å². The first-order valence-electron chi connectivity index (χ1n) is 3.38. The maximum Gasteiger partial charge on any atom is 0.303 e. The van der Waals surface area contributed by atoms with E-state index in [0.717, 1.165) is 19.3 Å². The van der Waals surface area contributed by atoms with Crippen LogP contribution in [0, 0.1) is 12.3 Å². The van der Waals surface area contributed by atoms with Gasteiger partial charge in [-0.05, 0) is 19.3 Å². The first-order valence-corrected chi connectivity index (χ1v) is 3.38. The summed E-state index contributed by atoms with van der Waals surface area (Å²) in [5, 5.41) is 8.22. The molecule has 0 aliphatic carbocycles. The van der Waals surface area contributed by atoms with Gasteiger partial charge in [-0.3, -0.25) is 4.79 Å². The highest BCUT2D eigenvalue weighted by Crippen LogP contribution is 2.01. The Hall–Kier alpha value is -0.970. The zero-order valence-corrected chi connectivity index (χ0v) is 5.89. The van der Waals surface area contributed by atoms with Gasteiger partial charge in [0.2, 0.25) is 0 Å². The number of aliphatic carboxylic acids is 1. The van der Waals surface area contributed by atoms with Gasteiger partial charge in [0.05, 0.1) is 0 Å². The van der Waals surface area contributed by atoms with Crippen LogP contribution in [0.2, 0.25) is 0 Å². The molecule has 2 nitrogen and oxygen atoms in total. The minimum atomic E-state index is -0.737. The molecule has 0 fully saturated rings. The molecule has 1 radical (unpaired) electrons. The number of rotatable bonds is 5. The van der Waals surface area contributed by atoms with E-state index >= 15 is 0 Å². The van der Waals surface area contributed by atoms with Crippen LogP contribution in [-0.2, 0) is 4.79 Å². The molecule has 0 aliphatic rings. The van der Waals surface area contributed by atoms with Crippen LogP contribution < -0.4 is 0 Å². The van der Waals surface area contributed by atoms with Gasteiger partial charge in [0.25, 0.3) is 0 Å². The Bertz CT molecular complexity index is 133. The van der Waals surface area contributed by atoms with Crippen LogP contribution in [0.15, 0.2) is 0 Å². The maximum absolute atomic E-state index is 9.98. The molecule has 0 spiro atoms. The van der Waals surface area contributed by atoms with E-state index in [1.807, 2.05) is 0 Å².